The zero-order valence-electron chi connectivity index (χ0n) is 29.0. The molecule has 1 aromatic carbocycles. The second kappa shape index (κ2) is 12.9. The number of ketones is 1. The molecule has 1 aliphatic carbocycles. The molecular formula is C35H45NO10S2Si. The second-order valence-electron chi connectivity index (χ2n) is 13.9. The Bertz CT molecular complexity index is 1780. The first kappa shape index (κ1) is 36.2. The average Bonchev–Trinajstić information content (AvgIpc) is 3.91. The lowest BCUT2D eigenvalue weighted by Gasteiger charge is -2.50. The number of fused-ring (bicyclic) bond motifs is 2. The number of ether oxygens (including phenoxy) is 4. The van der Waals surface area contributed by atoms with Crippen molar-refractivity contribution in [2.75, 3.05) is 26.6 Å². The van der Waals surface area contributed by atoms with Gasteiger partial charge in [0.25, 0.3) is 0 Å². The second-order valence-corrected chi connectivity index (χ2v) is 21.8. The molecule has 49 heavy (non-hydrogen) atoms. The van der Waals surface area contributed by atoms with Crippen molar-refractivity contribution >= 4 is 57.7 Å². The van der Waals surface area contributed by atoms with E-state index in [-0.39, 0.29) is 10.9 Å². The van der Waals surface area contributed by atoms with Crippen LogP contribution in [-0.4, -0.2) is 89.9 Å². The molecule has 0 radical (unpaired) electrons. The maximum absolute atomic E-state index is 15.2. The van der Waals surface area contributed by atoms with Gasteiger partial charge in [-0.3, -0.25) is 9.59 Å². The number of carbonyl (C=O) groups excluding carboxylic acids is 3. The Kier molecular flexibility index (Phi) is 9.51. The summed E-state index contributed by atoms with van der Waals surface area (Å²) in [6.45, 7) is 10.1. The number of aromatic nitrogens is 1. The summed E-state index contributed by atoms with van der Waals surface area (Å²) in [7, 11) is -4.00. The molecule has 4 heterocycles. The number of rotatable bonds is 14. The van der Waals surface area contributed by atoms with Gasteiger partial charge in [-0.1, -0.05) is 51.1 Å². The summed E-state index contributed by atoms with van der Waals surface area (Å²) in [6.07, 6.45) is 4.36. The molecule has 2 saturated heterocycles. The Morgan fingerprint density at radius 2 is 1.82 bits per heavy atom. The normalized spacial score (nSPS) is 32.4. The fourth-order valence-corrected chi connectivity index (χ4v) is 14.2. The molecule has 1 aromatic heterocycles. The number of thiazole rings is 1. The van der Waals surface area contributed by atoms with Gasteiger partial charge in [0, 0.05) is 18.9 Å². The lowest BCUT2D eigenvalue weighted by atomic mass is 9.52. The van der Waals surface area contributed by atoms with Crippen LogP contribution in [0.3, 0.4) is 0 Å². The lowest BCUT2D eigenvalue weighted by Crippen LogP contribution is -2.65. The van der Waals surface area contributed by atoms with Crippen molar-refractivity contribution in [1.82, 2.24) is 4.98 Å². The van der Waals surface area contributed by atoms with Crippen LogP contribution in [0.1, 0.15) is 34.6 Å². The number of para-hydroxylation sites is 1. The molecule has 266 valence electrons. The number of carbonyl (C=O) groups is 3. The highest BCUT2D eigenvalue weighted by Crippen LogP contribution is 2.70. The van der Waals surface area contributed by atoms with E-state index in [1.54, 1.807) is 30.3 Å². The van der Waals surface area contributed by atoms with Gasteiger partial charge in [-0.15, -0.1) is 11.3 Å². The van der Waals surface area contributed by atoms with Crippen molar-refractivity contribution in [1.29, 1.82) is 0 Å². The lowest BCUT2D eigenvalue weighted by molar-refractivity contribution is -0.194. The molecule has 3 aliphatic heterocycles. The van der Waals surface area contributed by atoms with Crippen molar-refractivity contribution in [2.24, 2.45) is 29.1 Å². The first-order valence-electron chi connectivity index (χ1n) is 16.8. The molecule has 0 unspecified atom stereocenters. The van der Waals surface area contributed by atoms with Crippen molar-refractivity contribution in [2.45, 2.75) is 80.7 Å². The third-order valence-electron chi connectivity index (χ3n) is 11.6. The standard InChI is InChI=1S/C35H45NO10S2Si/c1-8-49(9-2,10-3)46-28-21(19-37)15-16-22(28)29-34(31(39)42-6,30-27(33(4,5)43-7)23-17-18-44-35(23,29)45-30)26(38)20-48(40,41)32-36-24-13-11-12-14-25(24)47-32/h11-17,19,21-22,27-30H,8-10,18,20H2,1-7H3/t21-,22-,27+,28+,29-,30+,34-,35-/m1/s1. The third-order valence-corrected chi connectivity index (χ3v) is 19.3. The number of esters is 1. The van der Waals surface area contributed by atoms with E-state index in [1.807, 2.05) is 26.0 Å². The van der Waals surface area contributed by atoms with Crippen LogP contribution in [0, 0.1) is 29.1 Å². The maximum Gasteiger partial charge on any atom is 0.322 e. The first-order chi connectivity index (χ1) is 23.3. The van der Waals surface area contributed by atoms with E-state index in [9.17, 15) is 18.0 Å². The van der Waals surface area contributed by atoms with Crippen LogP contribution in [0.15, 0.2) is 52.4 Å². The number of aldehydes is 1. The van der Waals surface area contributed by atoms with Crippen LogP contribution < -0.4 is 0 Å². The Morgan fingerprint density at radius 1 is 1.12 bits per heavy atom. The first-order valence-corrected chi connectivity index (χ1v) is 21.8. The summed E-state index contributed by atoms with van der Waals surface area (Å²) in [5.74, 6) is -7.62. The molecule has 1 spiro atoms. The Morgan fingerprint density at radius 3 is 2.43 bits per heavy atom. The molecule has 11 nitrogen and oxygen atoms in total. The number of Topliss-reactive ketones (excluding diaryl/α,β-unsaturated/α-hetero) is 1. The predicted molar refractivity (Wildman–Crippen MR) is 185 cm³/mol. The minimum Gasteiger partial charge on any atom is -0.468 e. The van der Waals surface area contributed by atoms with Gasteiger partial charge < -0.3 is 28.2 Å². The highest BCUT2D eigenvalue weighted by atomic mass is 32.2. The zero-order chi connectivity index (χ0) is 35.6. The van der Waals surface area contributed by atoms with Crippen molar-refractivity contribution in [3.63, 3.8) is 0 Å². The summed E-state index contributed by atoms with van der Waals surface area (Å²) < 4.78 is 60.3. The number of hydrogen-bond acceptors (Lipinski definition) is 12. The van der Waals surface area contributed by atoms with Gasteiger partial charge >= 0.3 is 5.97 Å². The SMILES string of the molecule is CC[Si](CC)(CC)O[C@H]1[C@@H](C=O)C=C[C@H]1[C@H]1[C@@]23OCC=C2[C@H](C(C)(C)OC)[C@H](O3)[C@]1(C(=O)CS(=O)(=O)c1nc2ccccc2s1)C(=O)OC. The Balaban J connectivity index is 1.55. The van der Waals surface area contributed by atoms with Crippen LogP contribution in [0.2, 0.25) is 18.1 Å². The topological polar surface area (TPSA) is 144 Å². The van der Waals surface area contributed by atoms with E-state index < -0.39 is 88.3 Å². The molecule has 2 fully saturated rings. The molecule has 0 saturated carbocycles. The number of benzene rings is 1. The zero-order valence-corrected chi connectivity index (χ0v) is 31.6. The monoisotopic (exact) mass is 731 g/mol. The van der Waals surface area contributed by atoms with Gasteiger partial charge in [-0.05, 0) is 49.7 Å². The van der Waals surface area contributed by atoms with Gasteiger partial charge in [0.1, 0.15) is 12.0 Å². The number of nitrogens with zero attached hydrogens (tertiary/aromatic N) is 1. The van der Waals surface area contributed by atoms with Crippen LogP contribution in [-0.2, 0) is 47.6 Å². The molecular weight excluding hydrogens is 687 g/mol. The smallest absolute Gasteiger partial charge is 0.322 e. The highest BCUT2D eigenvalue weighted by molar-refractivity contribution is 7.94. The molecule has 0 N–H and O–H groups in total. The molecule has 0 amide bonds. The van der Waals surface area contributed by atoms with Gasteiger partial charge in [0.05, 0.1) is 53.6 Å². The van der Waals surface area contributed by atoms with Crippen LogP contribution >= 0.6 is 11.3 Å². The molecule has 14 heteroatoms. The largest absolute Gasteiger partial charge is 0.468 e. The molecule has 6 rings (SSSR count). The van der Waals surface area contributed by atoms with E-state index in [1.165, 1.54) is 14.2 Å². The van der Waals surface area contributed by atoms with E-state index in [0.717, 1.165) is 41.3 Å². The van der Waals surface area contributed by atoms with Gasteiger partial charge in [-0.2, -0.15) is 0 Å². The summed E-state index contributed by atoms with van der Waals surface area (Å²) in [5.41, 5.74) is -1.93. The van der Waals surface area contributed by atoms with Gasteiger partial charge in [0.15, 0.2) is 25.3 Å². The molecule has 2 bridgehead atoms. The highest BCUT2D eigenvalue weighted by Gasteiger charge is 2.83. The summed E-state index contributed by atoms with van der Waals surface area (Å²) in [5, 5.41) is 0. The van der Waals surface area contributed by atoms with Crippen molar-refractivity contribution in [3.05, 3.63) is 48.1 Å². The van der Waals surface area contributed by atoms with Gasteiger partial charge in [-0.25, -0.2) is 13.4 Å². The molecule has 8 atom stereocenters. The average molecular weight is 732 g/mol. The summed E-state index contributed by atoms with van der Waals surface area (Å²) >= 11 is 0.965. The van der Waals surface area contributed by atoms with Crippen LogP contribution in [0.25, 0.3) is 10.2 Å². The quantitative estimate of drug-likeness (QED) is 0.0860. The van der Waals surface area contributed by atoms with Gasteiger partial charge in [0.2, 0.25) is 14.2 Å². The minimum atomic E-state index is -4.35. The summed E-state index contributed by atoms with van der Waals surface area (Å²) in [6, 6.07) is 9.40. The number of hydrogen-bond donors (Lipinski definition) is 0. The van der Waals surface area contributed by atoms with Crippen molar-refractivity contribution in [3.8, 4) is 0 Å². The number of methoxy groups -OCH3 is 2. The van der Waals surface area contributed by atoms with Crippen LogP contribution in [0.4, 0.5) is 0 Å². The fourth-order valence-electron chi connectivity index (χ4n) is 8.74. The van der Waals surface area contributed by atoms with Crippen LogP contribution in [0.5, 0.6) is 0 Å². The summed E-state index contributed by atoms with van der Waals surface area (Å²) in [4.78, 5) is 46.7. The van der Waals surface area contributed by atoms with E-state index >= 15 is 4.79 Å². The van der Waals surface area contributed by atoms with E-state index in [2.05, 4.69) is 25.8 Å². The predicted octanol–water partition coefficient (Wildman–Crippen LogP) is 4.91. The Hall–Kier alpha value is -2.59. The fraction of sp³-hybridized carbons (Fsp3) is 0.600. The minimum absolute atomic E-state index is 0.140. The van der Waals surface area contributed by atoms with E-state index in [4.69, 9.17) is 23.4 Å². The third kappa shape index (κ3) is 5.27. The Labute approximate surface area is 292 Å². The van der Waals surface area contributed by atoms with Crippen molar-refractivity contribution < 1.29 is 46.2 Å². The molecule has 2 aromatic rings. The maximum atomic E-state index is 15.2. The number of sulfone groups is 1. The molecule has 4 aliphatic rings. The van der Waals surface area contributed by atoms with E-state index in [0.29, 0.717) is 10.2 Å².